The number of thioether (sulfide) groups is 1. The van der Waals surface area contributed by atoms with Gasteiger partial charge in [-0.2, -0.15) is 11.8 Å². The normalized spacial score (nSPS) is 13.8. The van der Waals surface area contributed by atoms with Gasteiger partial charge in [0.15, 0.2) is 0 Å². The third-order valence-corrected chi connectivity index (χ3v) is 4.91. The second-order valence-corrected chi connectivity index (χ2v) is 6.57. The first-order valence-corrected chi connectivity index (χ1v) is 8.53. The highest BCUT2D eigenvalue weighted by Crippen LogP contribution is 2.20. The quantitative estimate of drug-likeness (QED) is 0.796. The lowest BCUT2D eigenvalue weighted by Gasteiger charge is -2.15. The molecule has 0 radical (unpaired) electrons. The Balaban J connectivity index is 2.94. The monoisotopic (exact) mass is 293 g/mol. The van der Waals surface area contributed by atoms with E-state index in [0.29, 0.717) is 5.76 Å². The van der Waals surface area contributed by atoms with Crippen molar-refractivity contribution >= 4 is 21.8 Å². The molecule has 5 nitrogen and oxygen atoms in total. The highest BCUT2D eigenvalue weighted by molar-refractivity contribution is 7.98. The maximum Gasteiger partial charge on any atom is 0.244 e. The van der Waals surface area contributed by atoms with Crippen LogP contribution in [0.25, 0.3) is 0 Å². The van der Waals surface area contributed by atoms with E-state index in [1.54, 1.807) is 18.7 Å². The summed E-state index contributed by atoms with van der Waals surface area (Å²) in [5.74, 6) is 1.27. The van der Waals surface area contributed by atoms with Gasteiger partial charge in [-0.3, -0.25) is 0 Å². The lowest BCUT2D eigenvalue weighted by atomic mass is 10.3. The highest BCUT2D eigenvalue weighted by atomic mass is 32.2. The van der Waals surface area contributed by atoms with Crippen molar-refractivity contribution in [1.29, 1.82) is 0 Å². The summed E-state index contributed by atoms with van der Waals surface area (Å²) < 4.78 is 32.1. The molecule has 1 aromatic heterocycles. The van der Waals surface area contributed by atoms with Gasteiger partial charge in [0.05, 0.1) is 0 Å². The average molecular weight is 293 g/mol. The van der Waals surface area contributed by atoms with Gasteiger partial charge in [0.1, 0.15) is 23.0 Å². The minimum absolute atomic E-state index is 0.100. The topological polar surface area (TPSA) is 79.5 Å². The van der Waals surface area contributed by atoms with Crippen molar-refractivity contribution in [3.8, 4) is 0 Å². The Morgan fingerprint density at radius 2 is 2.22 bits per heavy atom. The van der Waals surface area contributed by atoms with Crippen LogP contribution in [0.5, 0.6) is 0 Å². The van der Waals surface area contributed by atoms with Crippen LogP contribution in [-0.4, -0.2) is 31.6 Å². The van der Waals surface area contributed by atoms with E-state index < -0.39 is 10.0 Å². The van der Waals surface area contributed by atoms with E-state index in [9.17, 15) is 8.42 Å². The van der Waals surface area contributed by atoms with Gasteiger partial charge in [0.25, 0.3) is 0 Å². The fourth-order valence-corrected chi connectivity index (χ4v) is 3.94. The van der Waals surface area contributed by atoms with E-state index in [1.807, 2.05) is 13.2 Å². The number of aryl methyl sites for hydroxylation is 1. The molecule has 1 unspecified atom stereocenters. The summed E-state index contributed by atoms with van der Waals surface area (Å²) >= 11 is 1.59. The zero-order valence-electron chi connectivity index (χ0n) is 10.8. The fourth-order valence-electron chi connectivity index (χ4n) is 1.59. The number of nitrogens with one attached hydrogen (secondary N) is 1. The van der Waals surface area contributed by atoms with Crippen LogP contribution in [0.1, 0.15) is 24.9 Å². The summed E-state index contributed by atoms with van der Waals surface area (Å²) in [6.45, 7) is 3.20. The highest BCUT2D eigenvalue weighted by Gasteiger charge is 2.23. The summed E-state index contributed by atoms with van der Waals surface area (Å²) in [6, 6.07) is 1.26. The number of hydrogen-bond acceptors (Lipinski definition) is 5. The van der Waals surface area contributed by atoms with Gasteiger partial charge < -0.3 is 9.52 Å². The van der Waals surface area contributed by atoms with E-state index in [1.165, 1.54) is 6.07 Å². The Morgan fingerprint density at radius 3 is 2.67 bits per heavy atom. The largest absolute Gasteiger partial charge is 0.462 e. The number of sulfonamides is 1. The number of aliphatic hydroxyl groups is 1. The molecule has 1 heterocycles. The minimum Gasteiger partial charge on any atom is -0.462 e. The molecular weight excluding hydrogens is 274 g/mol. The smallest absolute Gasteiger partial charge is 0.244 e. The molecule has 1 rings (SSSR count). The Bertz CT molecular complexity index is 481. The number of rotatable bonds is 7. The van der Waals surface area contributed by atoms with Crippen molar-refractivity contribution in [2.75, 3.05) is 12.0 Å². The van der Waals surface area contributed by atoms with Gasteiger partial charge in [-0.05, 0) is 19.6 Å². The zero-order chi connectivity index (χ0) is 13.8. The summed E-state index contributed by atoms with van der Waals surface area (Å²) in [4.78, 5) is 0.103. The van der Waals surface area contributed by atoms with Gasteiger partial charge in [0, 0.05) is 17.9 Å². The van der Waals surface area contributed by atoms with Gasteiger partial charge in [-0.15, -0.1) is 0 Å². The molecule has 0 bridgehead atoms. The van der Waals surface area contributed by atoms with Crippen LogP contribution < -0.4 is 4.72 Å². The Hall–Kier alpha value is -0.500. The molecule has 0 aromatic carbocycles. The van der Waals surface area contributed by atoms with Gasteiger partial charge in [0.2, 0.25) is 10.0 Å². The molecule has 7 heteroatoms. The molecule has 1 atom stereocenters. The molecule has 0 saturated heterocycles. The van der Waals surface area contributed by atoms with Gasteiger partial charge in [-0.1, -0.05) is 6.92 Å². The van der Waals surface area contributed by atoms with Crippen LogP contribution in [0.15, 0.2) is 15.4 Å². The fraction of sp³-hybridized carbons (Fsp3) is 0.636. The van der Waals surface area contributed by atoms with Crippen molar-refractivity contribution in [2.24, 2.45) is 0 Å². The number of furan rings is 1. The first-order chi connectivity index (χ1) is 8.44. The van der Waals surface area contributed by atoms with Gasteiger partial charge >= 0.3 is 0 Å². The van der Waals surface area contributed by atoms with Crippen molar-refractivity contribution < 1.29 is 17.9 Å². The molecule has 1 aromatic rings. The van der Waals surface area contributed by atoms with E-state index in [0.717, 1.165) is 12.2 Å². The van der Waals surface area contributed by atoms with Crippen LogP contribution >= 0.6 is 11.8 Å². The standard InChI is InChI=1S/C11H19NO4S2/c1-4-9(7-17-3)12-18(14,15)11-5-10(6-13)16-8(11)2/h5,9,12-13H,4,6-7H2,1-3H3. The van der Waals surface area contributed by atoms with Crippen LogP contribution in [0.3, 0.4) is 0 Å². The van der Waals surface area contributed by atoms with Crippen molar-refractivity contribution in [2.45, 2.75) is 37.8 Å². The molecule has 0 aliphatic carbocycles. The molecule has 0 saturated carbocycles. The predicted molar refractivity (Wildman–Crippen MR) is 72.2 cm³/mol. The summed E-state index contributed by atoms with van der Waals surface area (Å²) in [6.07, 6.45) is 2.66. The first-order valence-electron chi connectivity index (χ1n) is 5.66. The average Bonchev–Trinajstić information content (AvgIpc) is 2.70. The van der Waals surface area contributed by atoms with Crippen LogP contribution in [0.4, 0.5) is 0 Å². The summed E-state index contributed by atoms with van der Waals surface area (Å²) in [7, 11) is -3.58. The number of aliphatic hydroxyl groups excluding tert-OH is 1. The lowest BCUT2D eigenvalue weighted by molar-refractivity contribution is 0.244. The molecule has 0 spiro atoms. The third-order valence-electron chi connectivity index (χ3n) is 2.55. The molecule has 0 aliphatic heterocycles. The SMILES string of the molecule is CCC(CSC)NS(=O)(=O)c1cc(CO)oc1C. The van der Waals surface area contributed by atoms with E-state index >= 15 is 0 Å². The molecule has 0 fully saturated rings. The van der Waals surface area contributed by atoms with Crippen molar-refractivity contribution in [3.63, 3.8) is 0 Å². The second kappa shape index (κ2) is 6.60. The minimum atomic E-state index is -3.58. The van der Waals surface area contributed by atoms with Gasteiger partial charge in [-0.25, -0.2) is 13.1 Å². The second-order valence-electron chi connectivity index (χ2n) is 3.97. The van der Waals surface area contributed by atoms with Crippen molar-refractivity contribution in [1.82, 2.24) is 4.72 Å². The Labute approximate surface area is 112 Å². The Morgan fingerprint density at radius 1 is 1.56 bits per heavy atom. The summed E-state index contributed by atoms with van der Waals surface area (Å²) in [5, 5.41) is 8.94. The van der Waals surface area contributed by atoms with Crippen LogP contribution in [-0.2, 0) is 16.6 Å². The van der Waals surface area contributed by atoms with Crippen molar-refractivity contribution in [3.05, 3.63) is 17.6 Å². The van der Waals surface area contributed by atoms with E-state index in [4.69, 9.17) is 9.52 Å². The molecule has 2 N–H and O–H groups in total. The molecule has 0 amide bonds. The Kier molecular flexibility index (Phi) is 5.71. The number of hydrogen-bond donors (Lipinski definition) is 2. The lowest BCUT2D eigenvalue weighted by Crippen LogP contribution is -2.36. The van der Waals surface area contributed by atoms with Crippen LogP contribution in [0, 0.1) is 6.92 Å². The maximum absolute atomic E-state index is 12.2. The molecule has 0 aliphatic rings. The van der Waals surface area contributed by atoms with E-state index in [2.05, 4.69) is 4.72 Å². The molecular formula is C11H19NO4S2. The molecule has 18 heavy (non-hydrogen) atoms. The first kappa shape index (κ1) is 15.6. The van der Waals surface area contributed by atoms with E-state index in [-0.39, 0.29) is 23.3 Å². The maximum atomic E-state index is 12.2. The van der Waals surface area contributed by atoms with Crippen LogP contribution in [0.2, 0.25) is 0 Å². The zero-order valence-corrected chi connectivity index (χ0v) is 12.4. The summed E-state index contributed by atoms with van der Waals surface area (Å²) in [5.41, 5.74) is 0. The predicted octanol–water partition coefficient (Wildman–Crippen LogP) is 1.50. The third kappa shape index (κ3) is 3.74. The molecule has 104 valence electrons.